The molecule has 118 valence electrons. The fourth-order valence-corrected chi connectivity index (χ4v) is 1.65. The number of allylic oxidation sites excluding steroid dienone is 1. The lowest BCUT2D eigenvalue weighted by Crippen LogP contribution is -2.37. The van der Waals surface area contributed by atoms with Gasteiger partial charge in [-0.3, -0.25) is 0 Å². The number of carbonyl (C=O) groups is 1. The van der Waals surface area contributed by atoms with E-state index in [2.05, 4.69) is 29.1 Å². The van der Waals surface area contributed by atoms with E-state index in [4.69, 9.17) is 9.47 Å². The average Bonchev–Trinajstić information content (AvgIpc) is 2.52. The molecule has 1 aromatic rings. The molecule has 1 aromatic carbocycles. The summed E-state index contributed by atoms with van der Waals surface area (Å²) >= 11 is 0. The van der Waals surface area contributed by atoms with Gasteiger partial charge in [-0.1, -0.05) is 36.1 Å². The van der Waals surface area contributed by atoms with E-state index in [-0.39, 0.29) is 19.2 Å². The monoisotopic (exact) mass is 302 g/mol. The number of carbonyl (C=O) groups excluding carboxylic acids is 1. The molecule has 0 aliphatic rings. The zero-order valence-electron chi connectivity index (χ0n) is 12.9. The lowest BCUT2D eigenvalue weighted by Gasteiger charge is -2.07. The summed E-state index contributed by atoms with van der Waals surface area (Å²) in [7, 11) is 1.58. The van der Waals surface area contributed by atoms with E-state index in [0.29, 0.717) is 13.2 Å². The minimum absolute atomic E-state index is 0.261. The third-order valence-corrected chi connectivity index (χ3v) is 2.69. The Morgan fingerprint density at radius 1 is 1.32 bits per heavy atom. The van der Waals surface area contributed by atoms with Crippen LogP contribution in [0.4, 0.5) is 4.79 Å². The van der Waals surface area contributed by atoms with E-state index < -0.39 is 0 Å². The molecule has 0 unspecified atom stereocenters. The second kappa shape index (κ2) is 11.2. The van der Waals surface area contributed by atoms with E-state index >= 15 is 0 Å². The van der Waals surface area contributed by atoms with Gasteiger partial charge in [0.15, 0.2) is 0 Å². The average molecular weight is 302 g/mol. The second-order valence-electron chi connectivity index (χ2n) is 4.35. The van der Waals surface area contributed by atoms with Crippen LogP contribution in [0.2, 0.25) is 0 Å². The number of nitrogens with one attached hydrogen (secondary N) is 2. The van der Waals surface area contributed by atoms with Crippen LogP contribution in [-0.2, 0) is 11.2 Å². The van der Waals surface area contributed by atoms with Crippen molar-refractivity contribution in [3.05, 3.63) is 42.5 Å². The van der Waals surface area contributed by atoms with Gasteiger partial charge in [-0.25, -0.2) is 4.79 Å². The number of amides is 2. The Morgan fingerprint density at radius 2 is 2.14 bits per heavy atom. The van der Waals surface area contributed by atoms with Crippen LogP contribution in [-0.4, -0.2) is 39.4 Å². The Morgan fingerprint density at radius 3 is 2.91 bits per heavy atom. The molecule has 2 amide bonds. The summed E-state index contributed by atoms with van der Waals surface area (Å²) in [4.78, 5) is 11.3. The van der Waals surface area contributed by atoms with Crippen molar-refractivity contribution < 1.29 is 14.3 Å². The van der Waals surface area contributed by atoms with Gasteiger partial charge in [0.05, 0.1) is 13.2 Å². The molecule has 0 saturated heterocycles. The smallest absolute Gasteiger partial charge is 0.315 e. The second-order valence-corrected chi connectivity index (χ2v) is 4.35. The fraction of sp³-hybridized carbons (Fsp3) is 0.353. The Bertz CT molecular complexity index is 532. The molecule has 0 aliphatic carbocycles. The van der Waals surface area contributed by atoms with Crippen LogP contribution < -0.4 is 15.4 Å². The van der Waals surface area contributed by atoms with Crippen molar-refractivity contribution in [2.75, 3.05) is 33.4 Å². The molecule has 0 atom stereocenters. The Balaban J connectivity index is 2.25. The Hall–Kier alpha value is -2.45. The number of para-hydroxylation sites is 1. The zero-order chi connectivity index (χ0) is 16.0. The molecule has 1 rings (SSSR count). The van der Waals surface area contributed by atoms with Gasteiger partial charge in [0.2, 0.25) is 0 Å². The molecule has 0 saturated carbocycles. The number of ether oxygens (including phenoxy) is 2. The van der Waals surface area contributed by atoms with Gasteiger partial charge in [-0.2, -0.15) is 0 Å². The van der Waals surface area contributed by atoms with Crippen molar-refractivity contribution in [2.45, 2.75) is 6.42 Å². The van der Waals surface area contributed by atoms with Crippen molar-refractivity contribution in [1.29, 1.82) is 0 Å². The molecular formula is C17H22N2O3. The highest BCUT2D eigenvalue weighted by Gasteiger charge is 1.99. The van der Waals surface area contributed by atoms with Gasteiger partial charge in [-0.05, 0) is 18.1 Å². The molecule has 0 aliphatic heterocycles. The summed E-state index contributed by atoms with van der Waals surface area (Å²) in [5, 5.41) is 5.26. The summed E-state index contributed by atoms with van der Waals surface area (Å²) in [6, 6.07) is 7.52. The number of methoxy groups -OCH3 is 1. The van der Waals surface area contributed by atoms with Crippen molar-refractivity contribution in [3.63, 3.8) is 0 Å². The predicted octanol–water partition coefficient (Wildman–Crippen LogP) is 1.74. The van der Waals surface area contributed by atoms with Crippen LogP contribution in [0.3, 0.4) is 0 Å². The lowest BCUT2D eigenvalue weighted by molar-refractivity contribution is 0.196. The molecule has 5 nitrogen and oxygen atoms in total. The predicted molar refractivity (Wildman–Crippen MR) is 86.9 cm³/mol. The maximum atomic E-state index is 11.3. The maximum Gasteiger partial charge on any atom is 0.315 e. The first-order valence-electron chi connectivity index (χ1n) is 7.06. The van der Waals surface area contributed by atoms with Crippen molar-refractivity contribution in [2.24, 2.45) is 0 Å². The van der Waals surface area contributed by atoms with E-state index in [9.17, 15) is 4.79 Å². The first-order valence-corrected chi connectivity index (χ1v) is 7.06. The number of rotatable bonds is 8. The molecule has 0 bridgehead atoms. The highest BCUT2D eigenvalue weighted by Crippen LogP contribution is 2.18. The molecule has 0 radical (unpaired) electrons. The normalized spacial score (nSPS) is 9.32. The maximum absolute atomic E-state index is 11.3. The molecular weight excluding hydrogens is 280 g/mol. The molecule has 5 heteroatoms. The number of benzene rings is 1. The van der Waals surface area contributed by atoms with Gasteiger partial charge in [-0.15, -0.1) is 6.58 Å². The minimum Gasteiger partial charge on any atom is -0.481 e. The standard InChI is InChI=1S/C17H22N2O3/c1-3-8-15-9-4-5-10-16(15)22-13-7-6-11-18-17(20)19-12-14-21-2/h3-5,9-10H,1,8,11-14H2,2H3,(H2,18,19,20). The van der Waals surface area contributed by atoms with Crippen LogP contribution in [0, 0.1) is 11.8 Å². The molecule has 0 fully saturated rings. The van der Waals surface area contributed by atoms with Crippen LogP contribution in [0.15, 0.2) is 36.9 Å². The highest BCUT2D eigenvalue weighted by atomic mass is 16.5. The summed E-state index contributed by atoms with van der Waals surface area (Å²) in [5.74, 6) is 6.50. The summed E-state index contributed by atoms with van der Waals surface area (Å²) in [5.41, 5.74) is 1.08. The van der Waals surface area contributed by atoms with E-state index in [0.717, 1.165) is 17.7 Å². The number of hydrogen-bond acceptors (Lipinski definition) is 3. The topological polar surface area (TPSA) is 59.6 Å². The zero-order valence-corrected chi connectivity index (χ0v) is 12.9. The Labute approximate surface area is 131 Å². The number of urea groups is 1. The summed E-state index contributed by atoms with van der Waals surface area (Å²) in [6.07, 6.45) is 2.59. The molecule has 2 N–H and O–H groups in total. The van der Waals surface area contributed by atoms with Crippen molar-refractivity contribution in [3.8, 4) is 17.6 Å². The van der Waals surface area contributed by atoms with Gasteiger partial charge in [0.25, 0.3) is 0 Å². The van der Waals surface area contributed by atoms with Crippen molar-refractivity contribution >= 4 is 6.03 Å². The third kappa shape index (κ3) is 7.36. The Kier molecular flexibility index (Phi) is 8.99. The van der Waals surface area contributed by atoms with Crippen LogP contribution >= 0.6 is 0 Å². The van der Waals surface area contributed by atoms with E-state index in [1.165, 1.54) is 0 Å². The van der Waals surface area contributed by atoms with Crippen LogP contribution in [0.1, 0.15) is 5.56 Å². The fourth-order valence-electron chi connectivity index (χ4n) is 1.65. The van der Waals surface area contributed by atoms with Crippen LogP contribution in [0.25, 0.3) is 0 Å². The molecule has 0 heterocycles. The summed E-state index contributed by atoms with van der Waals surface area (Å²) < 4.78 is 10.4. The van der Waals surface area contributed by atoms with Gasteiger partial charge >= 0.3 is 6.03 Å². The van der Waals surface area contributed by atoms with Gasteiger partial charge in [0.1, 0.15) is 12.4 Å². The van der Waals surface area contributed by atoms with Crippen molar-refractivity contribution in [1.82, 2.24) is 10.6 Å². The molecule has 0 aromatic heterocycles. The van der Waals surface area contributed by atoms with E-state index in [1.54, 1.807) is 7.11 Å². The quantitative estimate of drug-likeness (QED) is 0.437. The molecule has 0 spiro atoms. The minimum atomic E-state index is -0.261. The van der Waals surface area contributed by atoms with Gasteiger partial charge < -0.3 is 20.1 Å². The first-order chi connectivity index (χ1) is 10.8. The largest absolute Gasteiger partial charge is 0.481 e. The van der Waals surface area contributed by atoms with E-state index in [1.807, 2.05) is 30.3 Å². The third-order valence-electron chi connectivity index (χ3n) is 2.69. The number of hydrogen-bond donors (Lipinski definition) is 2. The lowest BCUT2D eigenvalue weighted by atomic mass is 10.1. The highest BCUT2D eigenvalue weighted by molar-refractivity contribution is 5.74. The van der Waals surface area contributed by atoms with Crippen LogP contribution in [0.5, 0.6) is 5.75 Å². The summed E-state index contributed by atoms with van der Waals surface area (Å²) in [6.45, 7) is 5.23. The first kappa shape index (κ1) is 17.6. The molecule has 22 heavy (non-hydrogen) atoms. The SMILES string of the molecule is C=CCc1ccccc1OCC#CCNC(=O)NCCOC. The van der Waals surface area contributed by atoms with Gasteiger partial charge in [0, 0.05) is 13.7 Å².